The summed E-state index contributed by atoms with van der Waals surface area (Å²) in [6, 6.07) is 9.17. The predicted molar refractivity (Wildman–Crippen MR) is 89.8 cm³/mol. The van der Waals surface area contributed by atoms with Crippen molar-refractivity contribution in [2.75, 3.05) is 6.54 Å². The van der Waals surface area contributed by atoms with Crippen molar-refractivity contribution >= 4 is 33.3 Å². The van der Waals surface area contributed by atoms with Crippen molar-refractivity contribution in [3.8, 4) is 0 Å². The molecule has 20 heavy (non-hydrogen) atoms. The van der Waals surface area contributed by atoms with Crippen molar-refractivity contribution in [2.24, 2.45) is 0 Å². The normalized spacial score (nSPS) is 23.2. The van der Waals surface area contributed by atoms with Gasteiger partial charge in [0.1, 0.15) is 0 Å². The zero-order valence-electron chi connectivity index (χ0n) is 12.0. The highest BCUT2D eigenvalue weighted by Gasteiger charge is 2.23. The fraction of sp³-hybridized carbons (Fsp3) is 0.562. The molecular weight excluding hydrogens is 284 g/mol. The highest BCUT2D eigenvalue weighted by Crippen LogP contribution is 2.37. The molecule has 2 nitrogen and oxygen atoms in total. The molecule has 3 rings (SSSR count). The Morgan fingerprint density at radius 3 is 3.10 bits per heavy atom. The Morgan fingerprint density at radius 1 is 1.35 bits per heavy atom. The summed E-state index contributed by atoms with van der Waals surface area (Å²) in [7, 11) is 0. The molecule has 2 atom stereocenters. The van der Waals surface area contributed by atoms with Crippen LogP contribution in [-0.4, -0.2) is 22.8 Å². The standard InChI is InChI=1S/C16H22N2S2/c1-2-10-17-12-6-5-7-13(11-12)19-16-18-14-8-3-4-9-15(14)20-16/h3-4,8-9,12-13,17H,2,5-7,10-11H2,1H3. The lowest BCUT2D eigenvalue weighted by molar-refractivity contribution is 0.381. The van der Waals surface area contributed by atoms with E-state index in [1.54, 1.807) is 0 Å². The molecule has 0 radical (unpaired) electrons. The molecule has 0 spiro atoms. The van der Waals surface area contributed by atoms with Gasteiger partial charge in [0.25, 0.3) is 0 Å². The third-order valence-electron chi connectivity index (χ3n) is 3.85. The van der Waals surface area contributed by atoms with Gasteiger partial charge in [-0.25, -0.2) is 4.98 Å². The molecule has 1 aliphatic carbocycles. The number of benzene rings is 1. The van der Waals surface area contributed by atoms with Crippen molar-refractivity contribution in [1.29, 1.82) is 0 Å². The Kier molecular flexibility index (Phi) is 4.97. The number of fused-ring (bicyclic) bond motifs is 1. The second kappa shape index (κ2) is 6.92. The van der Waals surface area contributed by atoms with Crippen molar-refractivity contribution in [3.63, 3.8) is 0 Å². The van der Waals surface area contributed by atoms with E-state index in [1.165, 1.54) is 41.1 Å². The summed E-state index contributed by atoms with van der Waals surface area (Å²) in [6.07, 6.45) is 6.55. The summed E-state index contributed by atoms with van der Waals surface area (Å²) in [4.78, 5) is 4.76. The average Bonchev–Trinajstić information content (AvgIpc) is 2.87. The number of nitrogens with zero attached hydrogens (tertiary/aromatic N) is 1. The summed E-state index contributed by atoms with van der Waals surface area (Å²) in [5.41, 5.74) is 1.15. The first-order chi connectivity index (χ1) is 9.85. The molecule has 1 aliphatic rings. The molecule has 4 heteroatoms. The van der Waals surface area contributed by atoms with Crippen molar-refractivity contribution in [2.45, 2.75) is 54.7 Å². The molecule has 108 valence electrons. The molecule has 0 saturated heterocycles. The van der Waals surface area contributed by atoms with E-state index in [0.29, 0.717) is 0 Å². The Bertz CT molecular complexity index is 519. The van der Waals surface area contributed by atoms with E-state index in [2.05, 4.69) is 36.5 Å². The number of nitrogens with one attached hydrogen (secondary N) is 1. The van der Waals surface area contributed by atoms with E-state index in [-0.39, 0.29) is 0 Å². The highest BCUT2D eigenvalue weighted by atomic mass is 32.2. The van der Waals surface area contributed by atoms with Gasteiger partial charge in [-0.2, -0.15) is 0 Å². The van der Waals surface area contributed by atoms with E-state index in [9.17, 15) is 0 Å². The lowest BCUT2D eigenvalue weighted by Gasteiger charge is -2.28. The average molecular weight is 307 g/mol. The maximum absolute atomic E-state index is 4.76. The smallest absolute Gasteiger partial charge is 0.151 e. The summed E-state index contributed by atoms with van der Waals surface area (Å²) >= 11 is 3.84. The lowest BCUT2D eigenvalue weighted by Crippen LogP contribution is -2.35. The van der Waals surface area contributed by atoms with E-state index in [0.717, 1.165) is 23.4 Å². The van der Waals surface area contributed by atoms with Crippen LogP contribution in [0.2, 0.25) is 0 Å². The number of hydrogen-bond donors (Lipinski definition) is 1. The van der Waals surface area contributed by atoms with E-state index >= 15 is 0 Å². The Labute approximate surface area is 129 Å². The number of aromatic nitrogens is 1. The van der Waals surface area contributed by atoms with Crippen LogP contribution in [0.25, 0.3) is 10.2 Å². The fourth-order valence-corrected chi connectivity index (χ4v) is 5.45. The minimum absolute atomic E-state index is 0.718. The molecule has 1 aromatic heterocycles. The van der Waals surface area contributed by atoms with Crippen LogP contribution < -0.4 is 5.32 Å². The van der Waals surface area contributed by atoms with Crippen LogP contribution in [-0.2, 0) is 0 Å². The molecule has 1 N–H and O–H groups in total. The van der Waals surface area contributed by atoms with E-state index < -0.39 is 0 Å². The van der Waals surface area contributed by atoms with Gasteiger partial charge in [0.05, 0.1) is 10.2 Å². The molecule has 1 aromatic carbocycles. The number of hydrogen-bond acceptors (Lipinski definition) is 4. The quantitative estimate of drug-likeness (QED) is 0.866. The van der Waals surface area contributed by atoms with Gasteiger partial charge in [-0.15, -0.1) is 11.3 Å². The fourth-order valence-electron chi connectivity index (χ4n) is 2.83. The minimum Gasteiger partial charge on any atom is -0.314 e. The van der Waals surface area contributed by atoms with Gasteiger partial charge < -0.3 is 5.32 Å². The van der Waals surface area contributed by atoms with Gasteiger partial charge in [0.15, 0.2) is 4.34 Å². The lowest BCUT2D eigenvalue weighted by atomic mass is 9.95. The SMILES string of the molecule is CCCNC1CCCC(Sc2nc3ccccc3s2)C1. The number of rotatable bonds is 5. The van der Waals surface area contributed by atoms with Gasteiger partial charge in [0.2, 0.25) is 0 Å². The summed E-state index contributed by atoms with van der Waals surface area (Å²) in [5.74, 6) is 0. The summed E-state index contributed by atoms with van der Waals surface area (Å²) < 4.78 is 2.55. The monoisotopic (exact) mass is 306 g/mol. The molecule has 2 aromatic rings. The molecule has 2 unspecified atom stereocenters. The minimum atomic E-state index is 0.718. The second-order valence-electron chi connectivity index (χ2n) is 5.51. The van der Waals surface area contributed by atoms with Crippen LogP contribution in [0, 0.1) is 0 Å². The third-order valence-corrected chi connectivity index (χ3v) is 6.27. The van der Waals surface area contributed by atoms with Gasteiger partial charge in [-0.05, 0) is 44.4 Å². The zero-order chi connectivity index (χ0) is 13.8. The van der Waals surface area contributed by atoms with Crippen LogP contribution >= 0.6 is 23.1 Å². The number of para-hydroxylation sites is 1. The van der Waals surface area contributed by atoms with E-state index in [4.69, 9.17) is 4.98 Å². The first-order valence-corrected chi connectivity index (χ1v) is 9.30. The Hall–Kier alpha value is -0.580. The first kappa shape index (κ1) is 14.4. The molecule has 0 amide bonds. The molecular formula is C16H22N2S2. The Morgan fingerprint density at radius 2 is 2.25 bits per heavy atom. The highest BCUT2D eigenvalue weighted by molar-refractivity contribution is 8.01. The van der Waals surface area contributed by atoms with Gasteiger partial charge in [-0.1, -0.05) is 37.2 Å². The first-order valence-electron chi connectivity index (χ1n) is 7.60. The van der Waals surface area contributed by atoms with Crippen LogP contribution in [0.1, 0.15) is 39.0 Å². The largest absolute Gasteiger partial charge is 0.314 e. The molecule has 0 bridgehead atoms. The van der Waals surface area contributed by atoms with Crippen molar-refractivity contribution in [3.05, 3.63) is 24.3 Å². The summed E-state index contributed by atoms with van der Waals surface area (Å²) in [6.45, 7) is 3.40. The van der Waals surface area contributed by atoms with Gasteiger partial charge in [0, 0.05) is 11.3 Å². The van der Waals surface area contributed by atoms with Gasteiger partial charge >= 0.3 is 0 Å². The molecule has 1 heterocycles. The van der Waals surface area contributed by atoms with Gasteiger partial charge in [-0.3, -0.25) is 0 Å². The molecule has 1 saturated carbocycles. The third kappa shape index (κ3) is 3.54. The molecule has 1 fully saturated rings. The maximum atomic E-state index is 4.76. The van der Waals surface area contributed by atoms with Crippen molar-refractivity contribution < 1.29 is 0 Å². The Balaban J connectivity index is 1.61. The van der Waals surface area contributed by atoms with Crippen LogP contribution in [0.5, 0.6) is 0 Å². The maximum Gasteiger partial charge on any atom is 0.151 e. The van der Waals surface area contributed by atoms with Crippen LogP contribution in [0.3, 0.4) is 0 Å². The molecule has 0 aliphatic heterocycles. The zero-order valence-corrected chi connectivity index (χ0v) is 13.6. The van der Waals surface area contributed by atoms with Crippen LogP contribution in [0.15, 0.2) is 28.6 Å². The number of thiazole rings is 1. The topological polar surface area (TPSA) is 24.9 Å². The number of thioether (sulfide) groups is 1. The predicted octanol–water partition coefficient (Wildman–Crippen LogP) is 4.70. The second-order valence-corrected chi connectivity index (χ2v) is 8.08. The van der Waals surface area contributed by atoms with Crippen molar-refractivity contribution in [1.82, 2.24) is 10.3 Å². The van der Waals surface area contributed by atoms with Crippen LogP contribution in [0.4, 0.5) is 0 Å². The summed E-state index contributed by atoms with van der Waals surface area (Å²) in [5, 5.41) is 4.42. The van der Waals surface area contributed by atoms with E-state index in [1.807, 2.05) is 23.1 Å².